The predicted octanol–water partition coefficient (Wildman–Crippen LogP) is 2.23. The van der Waals surface area contributed by atoms with E-state index in [1.165, 1.54) is 0 Å². The average molecular weight is 156 g/mol. The van der Waals surface area contributed by atoms with E-state index in [2.05, 4.69) is 30.8 Å². The number of nitrogens with zero attached hydrogens (tertiary/aromatic N) is 4. The second-order valence-electron chi connectivity index (χ2n) is 3.95. The lowest BCUT2D eigenvalue weighted by Crippen LogP contribution is -2.29. The van der Waals surface area contributed by atoms with Gasteiger partial charge in [-0.1, -0.05) is 25.9 Å². The maximum absolute atomic E-state index is 8.05. The van der Waals surface area contributed by atoms with E-state index < -0.39 is 0 Å². The summed E-state index contributed by atoms with van der Waals surface area (Å²) >= 11 is 0. The van der Waals surface area contributed by atoms with E-state index in [0.29, 0.717) is 6.67 Å². The Kier molecular flexibility index (Phi) is 3.93. The smallest absolute Gasteiger partial charge is 0.0771 e. The first kappa shape index (κ1) is 10.3. The molecule has 0 amide bonds. The minimum atomic E-state index is 0.264. The van der Waals surface area contributed by atoms with Crippen molar-refractivity contribution in [2.45, 2.75) is 20.8 Å². The van der Waals surface area contributed by atoms with Gasteiger partial charge in [-0.3, -0.25) is 0 Å². The highest BCUT2D eigenvalue weighted by molar-refractivity contribution is 4.65. The van der Waals surface area contributed by atoms with Crippen LogP contribution < -0.4 is 0 Å². The molecule has 0 aromatic carbocycles. The van der Waals surface area contributed by atoms with Gasteiger partial charge in [0.2, 0.25) is 0 Å². The predicted molar refractivity (Wildman–Crippen MR) is 46.1 cm³/mol. The van der Waals surface area contributed by atoms with Crippen molar-refractivity contribution < 1.29 is 0 Å². The zero-order valence-corrected chi connectivity index (χ0v) is 7.70. The fourth-order valence-corrected chi connectivity index (χ4v) is 0.996. The lowest BCUT2D eigenvalue weighted by molar-refractivity contribution is 0.232. The summed E-state index contributed by atoms with van der Waals surface area (Å²) in [6.45, 7) is 7.85. The van der Waals surface area contributed by atoms with Crippen molar-refractivity contribution >= 4 is 0 Å². The molecule has 64 valence electrons. The molecular formula is C7H16N4. The number of hydrogen-bond donors (Lipinski definition) is 0. The monoisotopic (exact) mass is 156 g/mol. The highest BCUT2D eigenvalue weighted by Crippen LogP contribution is 2.13. The first-order valence-corrected chi connectivity index (χ1v) is 3.65. The third-order valence-electron chi connectivity index (χ3n) is 1.11. The quantitative estimate of drug-likeness (QED) is 0.351. The summed E-state index contributed by atoms with van der Waals surface area (Å²) in [6.07, 6.45) is 0. The van der Waals surface area contributed by atoms with Gasteiger partial charge >= 0.3 is 0 Å². The third-order valence-corrected chi connectivity index (χ3v) is 1.11. The lowest BCUT2D eigenvalue weighted by Gasteiger charge is -2.24. The molecule has 0 aromatic rings. The standard InChI is InChI=1S/C7H16N4/c1-7(2,3)5-11(4)6-9-10-8/h5-6H2,1-4H3. The average Bonchev–Trinajstić information content (AvgIpc) is 1.79. The third kappa shape index (κ3) is 7.16. The maximum atomic E-state index is 8.05. The first-order valence-electron chi connectivity index (χ1n) is 3.65. The van der Waals surface area contributed by atoms with Crippen LogP contribution in [0.1, 0.15) is 20.8 Å². The molecule has 0 aliphatic heterocycles. The molecule has 0 saturated heterocycles. The molecule has 0 radical (unpaired) electrons. The minimum absolute atomic E-state index is 0.264. The van der Waals surface area contributed by atoms with Gasteiger partial charge < -0.3 is 4.90 Å². The Balaban J connectivity index is 3.69. The summed E-state index contributed by atoms with van der Waals surface area (Å²) in [6, 6.07) is 0. The van der Waals surface area contributed by atoms with E-state index in [-0.39, 0.29) is 5.41 Å². The summed E-state index contributed by atoms with van der Waals surface area (Å²) in [7, 11) is 1.94. The van der Waals surface area contributed by atoms with E-state index in [1.54, 1.807) is 0 Å². The molecule has 0 N–H and O–H groups in total. The Bertz CT molecular complexity index is 152. The van der Waals surface area contributed by atoms with Crippen LogP contribution in [-0.2, 0) is 0 Å². The van der Waals surface area contributed by atoms with Crippen LogP contribution >= 0.6 is 0 Å². The van der Waals surface area contributed by atoms with Gasteiger partial charge in [0.1, 0.15) is 0 Å². The Morgan fingerprint density at radius 1 is 1.45 bits per heavy atom. The number of rotatable bonds is 3. The highest BCUT2D eigenvalue weighted by Gasteiger charge is 2.12. The van der Waals surface area contributed by atoms with Gasteiger partial charge in [-0.25, -0.2) is 0 Å². The summed E-state index contributed by atoms with van der Waals surface area (Å²) in [5.41, 5.74) is 8.31. The highest BCUT2D eigenvalue weighted by atomic mass is 15.3. The zero-order chi connectivity index (χ0) is 8.91. The van der Waals surface area contributed by atoms with Crippen molar-refractivity contribution in [1.82, 2.24) is 4.90 Å². The van der Waals surface area contributed by atoms with Gasteiger partial charge in [0, 0.05) is 11.5 Å². The molecule has 0 spiro atoms. The normalized spacial score (nSPS) is 11.4. The van der Waals surface area contributed by atoms with Crippen molar-refractivity contribution in [3.63, 3.8) is 0 Å². The van der Waals surface area contributed by atoms with Crippen molar-refractivity contribution in [2.24, 2.45) is 10.5 Å². The Labute approximate surface area is 67.8 Å². The number of hydrogen-bond acceptors (Lipinski definition) is 2. The van der Waals surface area contributed by atoms with Crippen LogP contribution in [0.5, 0.6) is 0 Å². The molecule has 0 unspecified atom stereocenters. The molecule has 11 heavy (non-hydrogen) atoms. The van der Waals surface area contributed by atoms with E-state index in [1.807, 2.05) is 11.9 Å². The Morgan fingerprint density at radius 3 is 2.36 bits per heavy atom. The second-order valence-corrected chi connectivity index (χ2v) is 3.95. The lowest BCUT2D eigenvalue weighted by atomic mass is 9.96. The first-order chi connectivity index (χ1) is 4.95. The molecule has 4 nitrogen and oxygen atoms in total. The summed E-state index contributed by atoms with van der Waals surface area (Å²) in [5.74, 6) is 0. The van der Waals surface area contributed by atoms with Crippen LogP contribution in [0.15, 0.2) is 5.11 Å². The van der Waals surface area contributed by atoms with Crippen LogP contribution in [0.4, 0.5) is 0 Å². The van der Waals surface area contributed by atoms with Gasteiger partial charge in [0.25, 0.3) is 0 Å². The van der Waals surface area contributed by atoms with Crippen LogP contribution in [-0.4, -0.2) is 25.2 Å². The topological polar surface area (TPSA) is 52.0 Å². The van der Waals surface area contributed by atoms with Gasteiger partial charge in [0.15, 0.2) is 0 Å². The van der Waals surface area contributed by atoms with Crippen molar-refractivity contribution in [3.8, 4) is 0 Å². The Hall–Kier alpha value is -0.730. The van der Waals surface area contributed by atoms with Gasteiger partial charge in [-0.15, -0.1) is 0 Å². The zero-order valence-electron chi connectivity index (χ0n) is 7.70. The molecule has 0 heterocycles. The van der Waals surface area contributed by atoms with E-state index >= 15 is 0 Å². The Morgan fingerprint density at radius 2 is 2.00 bits per heavy atom. The summed E-state index contributed by atoms with van der Waals surface area (Å²) in [4.78, 5) is 4.69. The van der Waals surface area contributed by atoms with E-state index in [4.69, 9.17) is 5.53 Å². The molecular weight excluding hydrogens is 140 g/mol. The van der Waals surface area contributed by atoms with E-state index in [9.17, 15) is 0 Å². The largest absolute Gasteiger partial charge is 0.300 e. The van der Waals surface area contributed by atoms with Crippen LogP contribution in [0.3, 0.4) is 0 Å². The van der Waals surface area contributed by atoms with Crippen LogP contribution in [0.2, 0.25) is 0 Å². The van der Waals surface area contributed by atoms with Crippen molar-refractivity contribution in [3.05, 3.63) is 10.4 Å². The molecule has 0 saturated carbocycles. The molecule has 0 aliphatic rings. The molecule has 0 fully saturated rings. The molecule has 0 aromatic heterocycles. The summed E-state index contributed by atoms with van der Waals surface area (Å²) in [5, 5.41) is 3.46. The fourth-order valence-electron chi connectivity index (χ4n) is 0.996. The number of azide groups is 1. The van der Waals surface area contributed by atoms with Gasteiger partial charge in [-0.2, -0.15) is 0 Å². The SMILES string of the molecule is CN(CN=[N+]=[N-])CC(C)(C)C. The van der Waals surface area contributed by atoms with Gasteiger partial charge in [-0.05, 0) is 18.0 Å². The molecule has 4 heteroatoms. The van der Waals surface area contributed by atoms with Crippen molar-refractivity contribution in [2.75, 3.05) is 20.3 Å². The summed E-state index contributed by atoms with van der Waals surface area (Å²) < 4.78 is 0. The van der Waals surface area contributed by atoms with Crippen molar-refractivity contribution in [1.29, 1.82) is 0 Å². The van der Waals surface area contributed by atoms with Crippen LogP contribution in [0.25, 0.3) is 10.4 Å². The second kappa shape index (κ2) is 4.21. The maximum Gasteiger partial charge on any atom is 0.0771 e. The van der Waals surface area contributed by atoms with E-state index in [0.717, 1.165) is 6.54 Å². The minimum Gasteiger partial charge on any atom is -0.300 e. The molecule has 0 aliphatic carbocycles. The van der Waals surface area contributed by atoms with Crippen LogP contribution in [0, 0.1) is 5.41 Å². The fraction of sp³-hybridized carbons (Fsp3) is 1.00. The molecule has 0 atom stereocenters. The van der Waals surface area contributed by atoms with Gasteiger partial charge in [0.05, 0.1) is 6.67 Å². The molecule has 0 rings (SSSR count). The molecule has 0 bridgehead atoms.